The van der Waals surface area contributed by atoms with Gasteiger partial charge in [0.1, 0.15) is 5.82 Å². The summed E-state index contributed by atoms with van der Waals surface area (Å²) < 4.78 is 14.1. The molecule has 0 atom stereocenters. The maximum atomic E-state index is 14.1. The van der Waals surface area contributed by atoms with Crippen LogP contribution < -0.4 is 11.1 Å². The Balaban J connectivity index is 1.99. The number of nitrogens with zero attached hydrogens (tertiary/aromatic N) is 1. The first-order valence-electron chi connectivity index (χ1n) is 6.74. The van der Waals surface area contributed by atoms with E-state index < -0.39 is 11.4 Å². The zero-order valence-electron chi connectivity index (χ0n) is 11.3. The minimum atomic E-state index is -0.667. The summed E-state index contributed by atoms with van der Waals surface area (Å²) in [5.74, 6) is -0.757. The number of halogens is 1. The molecule has 0 unspecified atom stereocenters. The second-order valence-corrected chi connectivity index (χ2v) is 5.30. The summed E-state index contributed by atoms with van der Waals surface area (Å²) in [4.78, 5) is 0. The van der Waals surface area contributed by atoms with Crippen molar-refractivity contribution in [2.45, 2.75) is 37.8 Å². The SMILES string of the molecule is N/C(=N/O)c1cccc(CNCC2(O)CCCC2)c1F. The van der Waals surface area contributed by atoms with Gasteiger partial charge in [0.15, 0.2) is 5.84 Å². The fraction of sp³-hybridized carbons (Fsp3) is 0.500. The van der Waals surface area contributed by atoms with Gasteiger partial charge in [0.25, 0.3) is 0 Å². The van der Waals surface area contributed by atoms with Gasteiger partial charge >= 0.3 is 0 Å². The van der Waals surface area contributed by atoms with Crippen molar-refractivity contribution in [1.82, 2.24) is 5.32 Å². The van der Waals surface area contributed by atoms with E-state index in [1.165, 1.54) is 6.07 Å². The lowest BCUT2D eigenvalue weighted by atomic mass is 10.0. The number of nitrogens with one attached hydrogen (secondary N) is 1. The highest BCUT2D eigenvalue weighted by Gasteiger charge is 2.30. The molecule has 0 aromatic heterocycles. The Labute approximate surface area is 117 Å². The van der Waals surface area contributed by atoms with Crippen LogP contribution in [0.5, 0.6) is 0 Å². The van der Waals surface area contributed by atoms with E-state index in [1.54, 1.807) is 12.1 Å². The monoisotopic (exact) mass is 281 g/mol. The number of hydrogen-bond donors (Lipinski definition) is 4. The average molecular weight is 281 g/mol. The lowest BCUT2D eigenvalue weighted by Gasteiger charge is -2.22. The molecule has 0 aliphatic heterocycles. The van der Waals surface area contributed by atoms with E-state index in [0.717, 1.165) is 25.7 Å². The Kier molecular flexibility index (Phi) is 4.57. The van der Waals surface area contributed by atoms with Crippen molar-refractivity contribution in [2.24, 2.45) is 10.9 Å². The molecule has 0 radical (unpaired) electrons. The number of hydrogen-bond acceptors (Lipinski definition) is 4. The number of oxime groups is 1. The van der Waals surface area contributed by atoms with Gasteiger partial charge in [0.05, 0.1) is 11.2 Å². The summed E-state index contributed by atoms with van der Waals surface area (Å²) in [7, 11) is 0. The van der Waals surface area contributed by atoms with Crippen LogP contribution in [0.3, 0.4) is 0 Å². The number of aliphatic hydroxyl groups is 1. The van der Waals surface area contributed by atoms with Gasteiger partial charge in [-0.15, -0.1) is 0 Å². The van der Waals surface area contributed by atoms with Crippen LogP contribution in [0.4, 0.5) is 4.39 Å². The molecule has 1 aromatic rings. The van der Waals surface area contributed by atoms with Crippen LogP contribution in [0, 0.1) is 5.82 Å². The van der Waals surface area contributed by atoms with Gasteiger partial charge in [-0.25, -0.2) is 4.39 Å². The quantitative estimate of drug-likeness (QED) is 0.283. The van der Waals surface area contributed by atoms with E-state index in [0.29, 0.717) is 18.7 Å². The molecule has 5 nitrogen and oxygen atoms in total. The van der Waals surface area contributed by atoms with Gasteiger partial charge in [-0.05, 0) is 18.9 Å². The molecule has 1 aromatic carbocycles. The van der Waals surface area contributed by atoms with Crippen LogP contribution >= 0.6 is 0 Å². The number of nitrogens with two attached hydrogens (primary N) is 1. The van der Waals surface area contributed by atoms with Gasteiger partial charge in [-0.2, -0.15) is 0 Å². The van der Waals surface area contributed by atoms with Crippen LogP contribution in [0.1, 0.15) is 36.8 Å². The van der Waals surface area contributed by atoms with Crippen molar-refractivity contribution in [3.05, 3.63) is 35.1 Å². The Morgan fingerprint density at radius 1 is 1.40 bits per heavy atom. The fourth-order valence-electron chi connectivity index (χ4n) is 2.61. The predicted molar refractivity (Wildman–Crippen MR) is 74.0 cm³/mol. The molecule has 5 N–H and O–H groups in total. The Hall–Kier alpha value is -1.66. The standard InChI is InChI=1S/C14H20FN3O2/c15-12-10(4-3-5-11(12)13(16)18-20)8-17-9-14(19)6-1-2-7-14/h3-5,17,19-20H,1-2,6-9H2,(H2,16,18). The normalized spacial score (nSPS) is 18.4. The maximum absolute atomic E-state index is 14.1. The highest BCUT2D eigenvalue weighted by Crippen LogP contribution is 2.28. The van der Waals surface area contributed by atoms with Crippen molar-refractivity contribution >= 4 is 5.84 Å². The Bertz CT molecular complexity index is 499. The maximum Gasteiger partial charge on any atom is 0.173 e. The van der Waals surface area contributed by atoms with E-state index in [-0.39, 0.29) is 11.4 Å². The van der Waals surface area contributed by atoms with E-state index in [1.807, 2.05) is 0 Å². The van der Waals surface area contributed by atoms with Crippen LogP contribution in [-0.2, 0) is 6.54 Å². The van der Waals surface area contributed by atoms with Crippen molar-refractivity contribution in [1.29, 1.82) is 0 Å². The minimum absolute atomic E-state index is 0.0754. The first kappa shape index (κ1) is 14.7. The second kappa shape index (κ2) is 6.19. The third-order valence-corrected chi connectivity index (χ3v) is 3.77. The molecular formula is C14H20FN3O2. The van der Waals surface area contributed by atoms with Gasteiger partial charge in [0, 0.05) is 18.7 Å². The number of amidine groups is 1. The molecule has 2 rings (SSSR count). The first-order chi connectivity index (χ1) is 9.56. The Morgan fingerprint density at radius 2 is 2.10 bits per heavy atom. The summed E-state index contributed by atoms with van der Waals surface area (Å²) in [6.07, 6.45) is 3.64. The summed E-state index contributed by atoms with van der Waals surface area (Å²) in [5.41, 5.74) is 5.25. The van der Waals surface area contributed by atoms with Crippen LogP contribution in [0.2, 0.25) is 0 Å². The lowest BCUT2D eigenvalue weighted by molar-refractivity contribution is 0.0474. The van der Waals surface area contributed by atoms with E-state index in [9.17, 15) is 9.50 Å². The summed E-state index contributed by atoms with van der Waals surface area (Å²) in [6.45, 7) is 0.737. The van der Waals surface area contributed by atoms with Crippen LogP contribution in [-0.4, -0.2) is 28.3 Å². The van der Waals surface area contributed by atoms with Gasteiger partial charge in [-0.1, -0.05) is 30.1 Å². The largest absolute Gasteiger partial charge is 0.409 e. The third kappa shape index (κ3) is 3.26. The van der Waals surface area contributed by atoms with Crippen molar-refractivity contribution in [3.8, 4) is 0 Å². The van der Waals surface area contributed by atoms with E-state index in [4.69, 9.17) is 10.9 Å². The molecule has 0 bridgehead atoms. The molecule has 0 heterocycles. The molecule has 110 valence electrons. The molecule has 1 saturated carbocycles. The van der Waals surface area contributed by atoms with E-state index >= 15 is 0 Å². The van der Waals surface area contributed by atoms with Crippen molar-refractivity contribution in [3.63, 3.8) is 0 Å². The van der Waals surface area contributed by atoms with Crippen LogP contribution in [0.25, 0.3) is 0 Å². The molecule has 20 heavy (non-hydrogen) atoms. The van der Waals surface area contributed by atoms with Crippen molar-refractivity contribution < 1.29 is 14.7 Å². The summed E-state index contributed by atoms with van der Waals surface area (Å²) in [5, 5.41) is 24.7. The summed E-state index contributed by atoms with van der Waals surface area (Å²) >= 11 is 0. The third-order valence-electron chi connectivity index (χ3n) is 3.77. The van der Waals surface area contributed by atoms with E-state index in [2.05, 4.69) is 10.5 Å². The average Bonchev–Trinajstić information content (AvgIpc) is 2.87. The fourth-order valence-corrected chi connectivity index (χ4v) is 2.61. The molecule has 1 fully saturated rings. The van der Waals surface area contributed by atoms with Gasteiger partial charge in [-0.3, -0.25) is 0 Å². The Morgan fingerprint density at radius 3 is 2.75 bits per heavy atom. The zero-order valence-corrected chi connectivity index (χ0v) is 11.3. The molecule has 0 saturated heterocycles. The summed E-state index contributed by atoms with van der Waals surface area (Å²) in [6, 6.07) is 4.74. The molecular weight excluding hydrogens is 261 g/mol. The highest BCUT2D eigenvalue weighted by atomic mass is 19.1. The number of benzene rings is 1. The molecule has 1 aliphatic rings. The zero-order chi connectivity index (χ0) is 14.6. The first-order valence-corrected chi connectivity index (χ1v) is 6.74. The van der Waals surface area contributed by atoms with Gasteiger partial charge in [0.2, 0.25) is 0 Å². The highest BCUT2D eigenvalue weighted by molar-refractivity contribution is 5.97. The topological polar surface area (TPSA) is 90.9 Å². The lowest BCUT2D eigenvalue weighted by Crippen LogP contribution is -2.37. The predicted octanol–water partition coefficient (Wildman–Crippen LogP) is 1.31. The molecule has 6 heteroatoms. The minimum Gasteiger partial charge on any atom is -0.409 e. The smallest absolute Gasteiger partial charge is 0.173 e. The van der Waals surface area contributed by atoms with Crippen LogP contribution in [0.15, 0.2) is 23.4 Å². The molecule has 0 amide bonds. The number of rotatable bonds is 5. The molecule has 1 aliphatic carbocycles. The molecule has 0 spiro atoms. The second-order valence-electron chi connectivity index (χ2n) is 5.30. The van der Waals surface area contributed by atoms with Crippen molar-refractivity contribution in [2.75, 3.05) is 6.54 Å². The van der Waals surface area contributed by atoms with Gasteiger partial charge < -0.3 is 21.4 Å².